The Labute approximate surface area is 126 Å². The second-order valence-electron chi connectivity index (χ2n) is 4.34. The van der Waals surface area contributed by atoms with Crippen molar-refractivity contribution in [2.75, 3.05) is 6.54 Å². The predicted molar refractivity (Wildman–Crippen MR) is 77.6 cm³/mol. The number of carboxylic acids is 1. The molecule has 6 heteroatoms. The Morgan fingerprint density at radius 2 is 1.90 bits per heavy atom. The number of hydrogen-bond acceptors (Lipinski definition) is 3. The molecule has 0 saturated heterocycles. The van der Waals surface area contributed by atoms with Crippen LogP contribution in [0, 0.1) is 0 Å². The van der Waals surface area contributed by atoms with E-state index in [4.69, 9.17) is 38.5 Å². The SMILES string of the molecule is NCC(Cc1ccc(C(=O)O)o1)c1c(Cl)cccc1Cl. The summed E-state index contributed by atoms with van der Waals surface area (Å²) in [5.74, 6) is -0.796. The van der Waals surface area contributed by atoms with E-state index in [0.717, 1.165) is 5.56 Å². The highest BCUT2D eigenvalue weighted by molar-refractivity contribution is 6.36. The van der Waals surface area contributed by atoms with Crippen LogP contribution in [0.3, 0.4) is 0 Å². The highest BCUT2D eigenvalue weighted by Gasteiger charge is 2.19. The standard InChI is InChI=1S/C14H13Cl2NO3/c15-10-2-1-3-11(16)13(10)8(7-17)6-9-4-5-12(20-9)14(18)19/h1-5,8H,6-7,17H2,(H,18,19). The molecule has 0 saturated carbocycles. The van der Waals surface area contributed by atoms with E-state index in [1.807, 2.05) is 0 Å². The molecule has 1 atom stereocenters. The second-order valence-corrected chi connectivity index (χ2v) is 5.16. The Kier molecular flexibility index (Phi) is 4.70. The van der Waals surface area contributed by atoms with Crippen LogP contribution in [0.1, 0.15) is 27.8 Å². The van der Waals surface area contributed by atoms with Crippen LogP contribution < -0.4 is 5.73 Å². The number of furan rings is 1. The zero-order chi connectivity index (χ0) is 14.7. The number of rotatable bonds is 5. The second kappa shape index (κ2) is 6.31. The van der Waals surface area contributed by atoms with Gasteiger partial charge in [-0.15, -0.1) is 0 Å². The number of nitrogens with two attached hydrogens (primary N) is 1. The van der Waals surface area contributed by atoms with Gasteiger partial charge in [0.2, 0.25) is 5.76 Å². The number of carbonyl (C=O) groups is 1. The van der Waals surface area contributed by atoms with Crippen LogP contribution in [0.4, 0.5) is 0 Å². The Morgan fingerprint density at radius 1 is 1.25 bits per heavy atom. The first-order chi connectivity index (χ1) is 9.52. The highest BCUT2D eigenvalue weighted by atomic mass is 35.5. The number of benzene rings is 1. The van der Waals surface area contributed by atoms with E-state index in [2.05, 4.69) is 0 Å². The molecule has 0 aliphatic rings. The quantitative estimate of drug-likeness (QED) is 0.884. The van der Waals surface area contributed by atoms with Gasteiger partial charge in [0.25, 0.3) is 0 Å². The molecule has 0 radical (unpaired) electrons. The molecule has 1 aromatic heterocycles. The van der Waals surface area contributed by atoms with Crippen LogP contribution in [-0.4, -0.2) is 17.6 Å². The summed E-state index contributed by atoms with van der Waals surface area (Å²) in [4.78, 5) is 10.8. The van der Waals surface area contributed by atoms with Crippen molar-refractivity contribution in [3.8, 4) is 0 Å². The normalized spacial score (nSPS) is 12.3. The lowest BCUT2D eigenvalue weighted by atomic mass is 9.94. The van der Waals surface area contributed by atoms with E-state index < -0.39 is 5.97 Å². The summed E-state index contributed by atoms with van der Waals surface area (Å²) in [5, 5.41) is 9.91. The molecule has 1 unspecified atom stereocenters. The lowest BCUT2D eigenvalue weighted by molar-refractivity contribution is 0.0660. The van der Waals surface area contributed by atoms with E-state index in [1.165, 1.54) is 6.07 Å². The lowest BCUT2D eigenvalue weighted by Crippen LogP contribution is -2.15. The molecule has 20 heavy (non-hydrogen) atoms. The molecule has 0 bridgehead atoms. The van der Waals surface area contributed by atoms with E-state index in [1.54, 1.807) is 24.3 Å². The molecule has 106 valence electrons. The van der Waals surface area contributed by atoms with Gasteiger partial charge >= 0.3 is 5.97 Å². The van der Waals surface area contributed by atoms with Crippen molar-refractivity contribution in [3.05, 3.63) is 57.5 Å². The fourth-order valence-corrected chi connectivity index (χ4v) is 2.76. The van der Waals surface area contributed by atoms with Crippen molar-refractivity contribution in [2.45, 2.75) is 12.3 Å². The molecule has 3 N–H and O–H groups in total. The minimum Gasteiger partial charge on any atom is -0.475 e. The zero-order valence-electron chi connectivity index (χ0n) is 10.5. The van der Waals surface area contributed by atoms with Gasteiger partial charge in [-0.05, 0) is 36.4 Å². The molecule has 4 nitrogen and oxygen atoms in total. The predicted octanol–water partition coefficient (Wildman–Crippen LogP) is 3.57. The maximum Gasteiger partial charge on any atom is 0.371 e. The Hall–Kier alpha value is -1.49. The van der Waals surface area contributed by atoms with Crippen molar-refractivity contribution < 1.29 is 14.3 Å². The summed E-state index contributed by atoms with van der Waals surface area (Å²) >= 11 is 12.3. The molecule has 2 rings (SSSR count). The summed E-state index contributed by atoms with van der Waals surface area (Å²) in [7, 11) is 0. The Morgan fingerprint density at radius 3 is 2.40 bits per heavy atom. The van der Waals surface area contributed by atoms with Gasteiger partial charge in [-0.25, -0.2) is 4.79 Å². The van der Waals surface area contributed by atoms with E-state index >= 15 is 0 Å². The van der Waals surface area contributed by atoms with Crippen LogP contribution in [0.2, 0.25) is 10.0 Å². The summed E-state index contributed by atoms with van der Waals surface area (Å²) in [6, 6.07) is 8.29. The van der Waals surface area contributed by atoms with Gasteiger partial charge in [0.1, 0.15) is 5.76 Å². The minimum absolute atomic E-state index is 0.0963. The van der Waals surface area contributed by atoms with Crippen LogP contribution in [0.25, 0.3) is 0 Å². The summed E-state index contributed by atoms with van der Waals surface area (Å²) in [5.41, 5.74) is 6.54. The van der Waals surface area contributed by atoms with Crippen LogP contribution in [0.15, 0.2) is 34.7 Å². The maximum atomic E-state index is 10.8. The van der Waals surface area contributed by atoms with Crippen molar-refractivity contribution in [1.82, 2.24) is 0 Å². The number of hydrogen-bond donors (Lipinski definition) is 2. The lowest BCUT2D eigenvalue weighted by Gasteiger charge is -2.17. The fraction of sp³-hybridized carbons (Fsp3) is 0.214. The van der Waals surface area contributed by atoms with Crippen molar-refractivity contribution in [1.29, 1.82) is 0 Å². The Balaban J connectivity index is 2.26. The maximum absolute atomic E-state index is 10.8. The molecular weight excluding hydrogens is 301 g/mol. The van der Waals surface area contributed by atoms with Crippen LogP contribution in [0.5, 0.6) is 0 Å². The minimum atomic E-state index is -1.10. The third-order valence-corrected chi connectivity index (χ3v) is 3.67. The third kappa shape index (κ3) is 3.15. The molecular formula is C14H13Cl2NO3. The average Bonchev–Trinajstić information content (AvgIpc) is 2.86. The largest absolute Gasteiger partial charge is 0.475 e. The average molecular weight is 314 g/mol. The topological polar surface area (TPSA) is 76.5 Å². The summed E-state index contributed by atoms with van der Waals surface area (Å²) in [6.45, 7) is 0.326. The number of carboxylic acid groups (broad SMARTS) is 1. The summed E-state index contributed by atoms with van der Waals surface area (Å²) < 4.78 is 5.24. The molecule has 1 heterocycles. The van der Waals surface area contributed by atoms with Crippen molar-refractivity contribution >= 4 is 29.2 Å². The fourth-order valence-electron chi connectivity index (χ4n) is 2.05. The zero-order valence-corrected chi connectivity index (χ0v) is 12.0. The van der Waals surface area contributed by atoms with E-state index in [-0.39, 0.29) is 11.7 Å². The van der Waals surface area contributed by atoms with Gasteiger partial charge in [0.05, 0.1) is 0 Å². The molecule has 0 spiro atoms. The highest BCUT2D eigenvalue weighted by Crippen LogP contribution is 2.33. The number of aromatic carboxylic acids is 1. The summed E-state index contributed by atoms with van der Waals surface area (Å²) in [6.07, 6.45) is 0.438. The van der Waals surface area contributed by atoms with Crippen molar-refractivity contribution in [3.63, 3.8) is 0 Å². The van der Waals surface area contributed by atoms with Crippen LogP contribution >= 0.6 is 23.2 Å². The third-order valence-electron chi connectivity index (χ3n) is 3.01. The first kappa shape index (κ1) is 14.9. The van der Waals surface area contributed by atoms with E-state index in [0.29, 0.717) is 28.8 Å². The van der Waals surface area contributed by atoms with Gasteiger partial charge in [-0.2, -0.15) is 0 Å². The molecule has 0 aliphatic carbocycles. The smallest absolute Gasteiger partial charge is 0.371 e. The first-order valence-electron chi connectivity index (χ1n) is 5.99. The molecule has 2 aromatic rings. The van der Waals surface area contributed by atoms with Gasteiger partial charge in [0.15, 0.2) is 0 Å². The van der Waals surface area contributed by atoms with Gasteiger partial charge in [-0.1, -0.05) is 29.3 Å². The monoisotopic (exact) mass is 313 g/mol. The van der Waals surface area contributed by atoms with Crippen molar-refractivity contribution in [2.24, 2.45) is 5.73 Å². The Bertz CT molecular complexity index is 604. The molecule has 0 aliphatic heterocycles. The van der Waals surface area contributed by atoms with Crippen LogP contribution in [-0.2, 0) is 6.42 Å². The van der Waals surface area contributed by atoms with E-state index in [9.17, 15) is 4.79 Å². The molecule has 0 fully saturated rings. The van der Waals surface area contributed by atoms with Gasteiger partial charge in [-0.3, -0.25) is 0 Å². The molecule has 0 amide bonds. The van der Waals surface area contributed by atoms with Gasteiger partial charge < -0.3 is 15.3 Å². The number of halogens is 2. The first-order valence-corrected chi connectivity index (χ1v) is 6.74. The van der Waals surface area contributed by atoms with Gasteiger partial charge in [0, 0.05) is 22.4 Å². The molecule has 1 aromatic carbocycles.